The van der Waals surface area contributed by atoms with E-state index < -0.39 is 73.1 Å². The van der Waals surface area contributed by atoms with Crippen molar-refractivity contribution in [2.75, 3.05) is 60.1 Å². The zero-order valence-corrected chi connectivity index (χ0v) is 54.9. The van der Waals surface area contributed by atoms with Gasteiger partial charge in [0.1, 0.15) is 48.3 Å². The number of halogens is 2. The second kappa shape index (κ2) is 30.4. The number of ether oxygens (including phenoxy) is 2. The largest absolute Gasteiger partial charge is 0.394 e. The van der Waals surface area contributed by atoms with Crippen LogP contribution < -0.4 is 16.4 Å². The van der Waals surface area contributed by atoms with Crippen LogP contribution in [0.4, 0.5) is 26.2 Å². The maximum atomic E-state index is 14.1. The lowest BCUT2D eigenvalue weighted by molar-refractivity contribution is -0.0629. The maximum Gasteiger partial charge on any atom is 0.191 e. The van der Waals surface area contributed by atoms with Crippen molar-refractivity contribution in [1.29, 1.82) is 0 Å². The third-order valence-corrected chi connectivity index (χ3v) is 20.5. The molecule has 13 rings (SSSR count). The highest BCUT2D eigenvalue weighted by Gasteiger charge is 2.48. The Balaban J connectivity index is 0.000000146. The number of aliphatic hydroxyl groups excluding tert-OH is 9. The molecule has 5 aliphatic carbocycles. The van der Waals surface area contributed by atoms with Gasteiger partial charge in [-0.1, -0.05) is 96.0 Å². The van der Waals surface area contributed by atoms with Gasteiger partial charge in [0.2, 0.25) is 0 Å². The number of hydrogen-bond donors (Lipinski definition) is 12. The van der Waals surface area contributed by atoms with Gasteiger partial charge in [-0.25, -0.2) is 52.7 Å². The molecule has 0 amide bonds. The number of nitrogens with one attached hydrogen (secondary N) is 2. The van der Waals surface area contributed by atoms with Gasteiger partial charge in [-0.15, -0.1) is 15.3 Å². The van der Waals surface area contributed by atoms with Gasteiger partial charge < -0.3 is 71.8 Å². The van der Waals surface area contributed by atoms with E-state index >= 15 is 0 Å². The highest BCUT2D eigenvalue weighted by Crippen LogP contribution is 2.46. The Morgan fingerprint density at radius 2 is 0.894 bits per heavy atom. The molecule has 2 aromatic carbocycles. The van der Waals surface area contributed by atoms with Crippen LogP contribution in [0.5, 0.6) is 0 Å². The first-order chi connectivity index (χ1) is 45.3. The third-order valence-electron chi connectivity index (χ3n) is 17.3. The fourth-order valence-electron chi connectivity index (χ4n) is 12.0. The predicted molar refractivity (Wildman–Crippen MR) is 345 cm³/mol. The molecule has 508 valence electrons. The van der Waals surface area contributed by atoms with Crippen molar-refractivity contribution in [2.45, 2.75) is 198 Å². The van der Waals surface area contributed by atoms with Crippen molar-refractivity contribution >= 4 is 86.2 Å². The molecule has 5 fully saturated rings. The Morgan fingerprint density at radius 1 is 0.511 bits per heavy atom. The number of nitrogens with two attached hydrogens (primary N) is 1. The standard InChI is InChI=1S/C24H31FN6O4S.C22H27FN6O3S.C14H22N6O4S/c1-3-8-36-24-27-22(26-16-10-14(16)13-5-4-12(2)15(25)9-13)19-23(28-24)31(30-29-19)17-11-18(35-7-6-32)21(34)20(17)33;1-3-6-33-22-25-20(24-14-8-12(14)11-5-4-10(2)13(23)7-11)17-21(26-22)29(28-27-17)15-9-16(30)19(32)18(15)31;1-2-5-25-14-16-12(15)9-13(17-14)20(19-18-9)7-6-8(24-4-3-21)11(23)10(7)22/h4-5,9,14,16-18,20-21,32-34H,3,6-8,10-11H2,1-2H3,(H,26,27,28);4-5,7,12,14-16,18-19,30-32H,3,6,8-9H2,1-2H3,(H,24,25,26);7-8,10-11,21-23H,2-6H2,1H3,(H2,15,16,17)/t14-,16+,17+,18-,20-,21+;12-,14+,15+,16-,18-,19+;7-,8+,10+,11-/m001/s1. The molecule has 0 bridgehead atoms. The van der Waals surface area contributed by atoms with Gasteiger partial charge >= 0.3 is 0 Å². The van der Waals surface area contributed by atoms with E-state index in [1.165, 1.54) is 49.3 Å². The summed E-state index contributed by atoms with van der Waals surface area (Å²) in [5, 5.41) is 124. The minimum absolute atomic E-state index is 0.0702. The van der Waals surface area contributed by atoms with E-state index in [0.717, 1.165) is 60.5 Å². The summed E-state index contributed by atoms with van der Waals surface area (Å²) in [5.74, 6) is 3.78. The summed E-state index contributed by atoms with van der Waals surface area (Å²) in [6, 6.07) is 9.07. The summed E-state index contributed by atoms with van der Waals surface area (Å²) in [7, 11) is 0. The summed E-state index contributed by atoms with van der Waals surface area (Å²) in [6.45, 7) is 9.54. The number of anilines is 3. The molecule has 29 nitrogen and oxygen atoms in total. The number of aromatic nitrogens is 15. The molecule has 5 saturated carbocycles. The Labute approximate surface area is 551 Å². The normalized spacial score (nSPS) is 27.8. The van der Waals surface area contributed by atoms with Crippen molar-refractivity contribution in [1.82, 2.24) is 74.9 Å². The van der Waals surface area contributed by atoms with Crippen LogP contribution in [0.1, 0.15) is 124 Å². The van der Waals surface area contributed by atoms with Crippen molar-refractivity contribution < 1.29 is 64.2 Å². The summed E-state index contributed by atoms with van der Waals surface area (Å²) >= 11 is 4.51. The number of fused-ring (bicyclic) bond motifs is 3. The molecule has 8 aromatic rings. The summed E-state index contributed by atoms with van der Waals surface area (Å²) in [6.07, 6.45) is -3.76. The van der Waals surface area contributed by atoms with Crippen LogP contribution in [0.2, 0.25) is 0 Å². The maximum absolute atomic E-state index is 14.1. The number of nitrogens with zero attached hydrogens (tertiary/aromatic N) is 15. The van der Waals surface area contributed by atoms with Crippen molar-refractivity contribution in [2.24, 2.45) is 0 Å². The lowest BCUT2D eigenvalue weighted by Gasteiger charge is -2.17. The first-order valence-corrected chi connectivity index (χ1v) is 34.6. The second-order valence-electron chi connectivity index (χ2n) is 24.2. The van der Waals surface area contributed by atoms with Crippen molar-refractivity contribution in [3.8, 4) is 0 Å². The van der Waals surface area contributed by atoms with Gasteiger partial charge in [0.25, 0.3) is 0 Å². The number of thioether (sulfide) groups is 3. The van der Waals surface area contributed by atoms with E-state index in [1.54, 1.807) is 38.1 Å². The first kappa shape index (κ1) is 69.1. The molecule has 16 atom stereocenters. The van der Waals surface area contributed by atoms with Gasteiger partial charge in [0, 0.05) is 60.4 Å². The summed E-state index contributed by atoms with van der Waals surface area (Å²) in [4.78, 5) is 27.3. The van der Waals surface area contributed by atoms with E-state index in [4.69, 9.17) is 30.4 Å². The quantitative estimate of drug-likeness (QED) is 0.0303. The Bertz CT molecular complexity index is 3900. The van der Waals surface area contributed by atoms with Crippen LogP contribution in [0.25, 0.3) is 33.5 Å². The number of hydrogen-bond acceptors (Lipinski definition) is 29. The number of nitrogen functional groups attached to an aromatic ring is 1. The lowest BCUT2D eigenvalue weighted by atomic mass is 10.1. The molecule has 0 radical (unpaired) electrons. The minimum Gasteiger partial charge on any atom is -0.394 e. The Kier molecular flexibility index (Phi) is 22.4. The van der Waals surface area contributed by atoms with Gasteiger partial charge in [-0.2, -0.15) is 0 Å². The smallest absolute Gasteiger partial charge is 0.191 e. The van der Waals surface area contributed by atoms with Gasteiger partial charge in [0.05, 0.1) is 62.9 Å². The van der Waals surface area contributed by atoms with Crippen LogP contribution >= 0.6 is 35.3 Å². The molecule has 6 heterocycles. The molecule has 5 aliphatic rings. The number of aryl methyl sites for hydroxylation is 2. The van der Waals surface area contributed by atoms with Gasteiger partial charge in [0.15, 0.2) is 66.4 Å². The number of benzene rings is 2. The monoisotopic (exact) mass is 1360 g/mol. The molecule has 0 spiro atoms. The van der Waals surface area contributed by atoms with E-state index in [-0.39, 0.29) is 74.2 Å². The van der Waals surface area contributed by atoms with Gasteiger partial charge in [-0.05, 0) is 80.3 Å². The first-order valence-electron chi connectivity index (χ1n) is 31.6. The third kappa shape index (κ3) is 15.0. The number of aliphatic hydroxyl groups is 9. The molecule has 6 aromatic heterocycles. The Hall–Kier alpha value is -6.25. The van der Waals surface area contributed by atoms with E-state index in [0.29, 0.717) is 84.6 Å². The Morgan fingerprint density at radius 3 is 1.28 bits per heavy atom. The zero-order chi connectivity index (χ0) is 66.6. The van der Waals surface area contributed by atoms with E-state index in [1.807, 2.05) is 12.1 Å². The average molecular weight is 1360 g/mol. The fourth-order valence-corrected chi connectivity index (χ4v) is 14.0. The molecule has 13 N–H and O–H groups in total. The van der Waals surface area contributed by atoms with Crippen LogP contribution in [-0.4, -0.2) is 232 Å². The average Bonchev–Trinajstić information content (AvgIpc) is 1.63. The topological polar surface area (TPSA) is 420 Å². The second-order valence-corrected chi connectivity index (χ2v) is 27.3. The molecular formula is C60H80F2N18O11S3. The van der Waals surface area contributed by atoms with Crippen molar-refractivity contribution in [3.05, 3.63) is 70.3 Å². The highest BCUT2D eigenvalue weighted by molar-refractivity contribution is 7.99. The molecule has 94 heavy (non-hydrogen) atoms. The summed E-state index contributed by atoms with van der Waals surface area (Å²) < 4.78 is 43.5. The fraction of sp³-hybridized carbons (Fsp3) is 0.600. The highest BCUT2D eigenvalue weighted by atomic mass is 32.2. The predicted octanol–water partition coefficient (Wildman–Crippen LogP) is 3.70. The van der Waals surface area contributed by atoms with Crippen LogP contribution in [-0.2, 0) is 9.47 Å². The lowest BCUT2D eigenvalue weighted by Crippen LogP contribution is -2.33. The summed E-state index contributed by atoms with van der Waals surface area (Å²) in [5.41, 5.74) is 11.7. The van der Waals surface area contributed by atoms with Crippen LogP contribution in [0, 0.1) is 25.5 Å². The van der Waals surface area contributed by atoms with Crippen molar-refractivity contribution in [3.63, 3.8) is 0 Å². The molecule has 34 heteroatoms. The molecule has 0 saturated heterocycles. The van der Waals surface area contributed by atoms with E-state index in [9.17, 15) is 44.5 Å². The zero-order valence-electron chi connectivity index (χ0n) is 52.4. The molecule has 0 unspecified atom stereocenters. The molecule has 0 aliphatic heterocycles. The van der Waals surface area contributed by atoms with Crippen LogP contribution in [0.15, 0.2) is 51.9 Å². The minimum atomic E-state index is -1.25. The van der Waals surface area contributed by atoms with Crippen LogP contribution in [0.3, 0.4) is 0 Å². The van der Waals surface area contributed by atoms with E-state index in [2.05, 4.69) is 87.3 Å². The SMILES string of the molecule is CCCSc1nc(N)c2nnn([C@@H]3C[C@H](OCCO)[C@@H](O)[C@H]3O)c2n1.CCCSc1nc(N[C@@H]2C[C@H]2c2ccc(C)c(F)c2)c2nnn([C@@H]3C[C@H](O)[C@@H](O)[C@H]3O)c2n1.CCCSc1nc(N[C@@H]2C[C@H]2c2ccc(C)c(F)c2)c2nnn([C@@H]3C[C@H](OCCO)[C@@H](O)[C@H]3O)c2n1. The molecular weight excluding hydrogens is 1280 g/mol. The number of rotatable bonds is 24. The van der Waals surface area contributed by atoms with Gasteiger partial charge in [-0.3, -0.25) is 0 Å².